The van der Waals surface area contributed by atoms with Gasteiger partial charge in [-0.15, -0.1) is 22.0 Å². The number of nitrogens with zero attached hydrogens (tertiary/aromatic N) is 2. The molecule has 0 unspecified atom stereocenters. The van der Waals surface area contributed by atoms with Gasteiger partial charge in [0.15, 0.2) is 4.34 Å². The molecule has 2 aromatic rings. The fourth-order valence-corrected chi connectivity index (χ4v) is 3.75. The average molecular weight is 347 g/mol. The first-order valence-corrected chi connectivity index (χ1v) is 8.71. The molecule has 0 atom stereocenters. The van der Waals surface area contributed by atoms with Crippen LogP contribution in [0.25, 0.3) is 0 Å². The molecule has 0 bridgehead atoms. The largest absolute Gasteiger partial charge is 0.300 e. The third-order valence-electron chi connectivity index (χ3n) is 2.17. The van der Waals surface area contributed by atoms with Crippen LogP contribution >= 0.6 is 34.9 Å². The number of hydrogen-bond acceptors (Lipinski definition) is 6. The molecule has 0 saturated heterocycles. The summed E-state index contributed by atoms with van der Waals surface area (Å²) < 4.78 is 27.2. The van der Waals surface area contributed by atoms with E-state index in [0.29, 0.717) is 5.13 Å². The van der Waals surface area contributed by atoms with Crippen LogP contribution in [0.15, 0.2) is 27.4 Å². The molecule has 4 nitrogen and oxygen atoms in total. The van der Waals surface area contributed by atoms with Gasteiger partial charge in [-0.2, -0.15) is 0 Å². The zero-order valence-corrected chi connectivity index (χ0v) is 13.4. The van der Waals surface area contributed by atoms with Crippen molar-refractivity contribution in [2.75, 3.05) is 16.8 Å². The Labute approximate surface area is 132 Å². The van der Waals surface area contributed by atoms with E-state index in [0.717, 1.165) is 40.1 Å². The normalized spacial score (nSPS) is 10.6. The SMILES string of the molecule is CCSc1nnc(NC(=O)CSc2cc(F)ccc2F)s1. The number of amides is 1. The van der Waals surface area contributed by atoms with Crippen molar-refractivity contribution in [3.63, 3.8) is 0 Å². The smallest absolute Gasteiger partial charge is 0.236 e. The Bertz CT molecular complexity index is 636. The van der Waals surface area contributed by atoms with Gasteiger partial charge in [0.2, 0.25) is 11.0 Å². The zero-order valence-electron chi connectivity index (χ0n) is 10.9. The maximum atomic E-state index is 13.4. The van der Waals surface area contributed by atoms with E-state index in [1.807, 2.05) is 6.92 Å². The lowest BCUT2D eigenvalue weighted by Gasteiger charge is -2.03. The van der Waals surface area contributed by atoms with Gasteiger partial charge in [-0.3, -0.25) is 10.1 Å². The van der Waals surface area contributed by atoms with Crippen LogP contribution in [-0.2, 0) is 4.79 Å². The zero-order chi connectivity index (χ0) is 15.2. The highest BCUT2D eigenvalue weighted by Gasteiger charge is 2.11. The minimum absolute atomic E-state index is 0.0315. The van der Waals surface area contributed by atoms with Crippen LogP contribution in [0, 0.1) is 11.6 Å². The Hall–Kier alpha value is -1.19. The Kier molecular flexibility index (Phi) is 5.95. The molecule has 1 aromatic heterocycles. The van der Waals surface area contributed by atoms with Crippen molar-refractivity contribution in [1.29, 1.82) is 0 Å². The molecule has 1 amide bonds. The van der Waals surface area contributed by atoms with E-state index in [1.54, 1.807) is 0 Å². The van der Waals surface area contributed by atoms with Crippen LogP contribution in [0.1, 0.15) is 6.92 Å². The van der Waals surface area contributed by atoms with Crippen molar-refractivity contribution >= 4 is 45.9 Å². The first-order chi connectivity index (χ1) is 10.1. The Morgan fingerprint density at radius 2 is 2.14 bits per heavy atom. The third-order valence-corrected chi connectivity index (χ3v) is 5.06. The highest BCUT2D eigenvalue weighted by Crippen LogP contribution is 2.26. The molecule has 1 heterocycles. The summed E-state index contributed by atoms with van der Waals surface area (Å²) in [7, 11) is 0. The van der Waals surface area contributed by atoms with E-state index in [4.69, 9.17) is 0 Å². The van der Waals surface area contributed by atoms with Crippen molar-refractivity contribution in [2.24, 2.45) is 0 Å². The first kappa shape index (κ1) is 16.2. The number of hydrogen-bond donors (Lipinski definition) is 1. The van der Waals surface area contributed by atoms with E-state index >= 15 is 0 Å². The number of halogens is 2. The van der Waals surface area contributed by atoms with Crippen LogP contribution in [0.2, 0.25) is 0 Å². The average Bonchev–Trinajstić information content (AvgIpc) is 2.87. The Morgan fingerprint density at radius 1 is 1.33 bits per heavy atom. The third kappa shape index (κ3) is 4.94. The van der Waals surface area contributed by atoms with Crippen molar-refractivity contribution in [2.45, 2.75) is 16.2 Å². The van der Waals surface area contributed by atoms with Gasteiger partial charge in [-0.05, 0) is 24.0 Å². The maximum Gasteiger partial charge on any atom is 0.236 e. The number of thioether (sulfide) groups is 2. The summed E-state index contributed by atoms with van der Waals surface area (Å²) in [5.41, 5.74) is 0. The van der Waals surface area contributed by atoms with Gasteiger partial charge in [0, 0.05) is 4.90 Å². The van der Waals surface area contributed by atoms with Crippen molar-refractivity contribution in [3.05, 3.63) is 29.8 Å². The summed E-state index contributed by atoms with van der Waals surface area (Å²) in [5, 5.41) is 10.7. The molecule has 0 fully saturated rings. The lowest BCUT2D eigenvalue weighted by molar-refractivity contribution is -0.113. The highest BCUT2D eigenvalue weighted by atomic mass is 32.2. The van der Waals surface area contributed by atoms with Gasteiger partial charge in [-0.1, -0.05) is 30.0 Å². The summed E-state index contributed by atoms with van der Waals surface area (Å²) in [6.07, 6.45) is 0. The Balaban J connectivity index is 1.88. The predicted octanol–water partition coefficient (Wildman–Crippen LogP) is 3.66. The minimum Gasteiger partial charge on any atom is -0.300 e. The first-order valence-electron chi connectivity index (χ1n) is 5.92. The number of aromatic nitrogens is 2. The summed E-state index contributed by atoms with van der Waals surface area (Å²) in [6, 6.07) is 3.14. The molecule has 0 spiro atoms. The summed E-state index contributed by atoms with van der Waals surface area (Å²) in [5.74, 6) is -0.586. The monoisotopic (exact) mass is 347 g/mol. The summed E-state index contributed by atoms with van der Waals surface area (Å²) in [4.78, 5) is 11.8. The van der Waals surface area contributed by atoms with Gasteiger partial charge < -0.3 is 0 Å². The van der Waals surface area contributed by atoms with Crippen LogP contribution in [0.3, 0.4) is 0 Å². The molecule has 1 aromatic carbocycles. The lowest BCUT2D eigenvalue weighted by atomic mass is 10.3. The second kappa shape index (κ2) is 7.71. The van der Waals surface area contributed by atoms with Crippen LogP contribution in [-0.4, -0.2) is 27.6 Å². The number of carbonyl (C=O) groups excluding carboxylic acids is 1. The summed E-state index contributed by atoms with van der Waals surface area (Å²) >= 11 is 3.74. The number of anilines is 1. The fourth-order valence-electron chi connectivity index (χ4n) is 1.33. The number of carbonyl (C=O) groups is 1. The van der Waals surface area contributed by atoms with E-state index in [9.17, 15) is 13.6 Å². The quantitative estimate of drug-likeness (QED) is 0.638. The van der Waals surface area contributed by atoms with E-state index in [2.05, 4.69) is 15.5 Å². The second-order valence-electron chi connectivity index (χ2n) is 3.72. The number of benzene rings is 1. The van der Waals surface area contributed by atoms with Gasteiger partial charge >= 0.3 is 0 Å². The van der Waals surface area contributed by atoms with Gasteiger partial charge in [0.25, 0.3) is 0 Å². The van der Waals surface area contributed by atoms with Crippen molar-refractivity contribution < 1.29 is 13.6 Å². The molecule has 0 radical (unpaired) electrons. The molecular formula is C12H11F2N3OS3. The highest BCUT2D eigenvalue weighted by molar-refractivity contribution is 8.01. The molecule has 21 heavy (non-hydrogen) atoms. The molecule has 0 aliphatic carbocycles. The summed E-state index contributed by atoms with van der Waals surface area (Å²) in [6.45, 7) is 1.99. The van der Waals surface area contributed by atoms with Crippen LogP contribution in [0.5, 0.6) is 0 Å². The maximum absolute atomic E-state index is 13.4. The molecule has 0 aliphatic rings. The molecule has 1 N–H and O–H groups in total. The van der Waals surface area contributed by atoms with Gasteiger partial charge in [0.1, 0.15) is 11.6 Å². The Morgan fingerprint density at radius 3 is 2.90 bits per heavy atom. The minimum atomic E-state index is -0.549. The molecule has 9 heteroatoms. The van der Waals surface area contributed by atoms with Gasteiger partial charge in [0.05, 0.1) is 5.75 Å². The molecular weight excluding hydrogens is 336 g/mol. The lowest BCUT2D eigenvalue weighted by Crippen LogP contribution is -2.13. The van der Waals surface area contributed by atoms with Crippen LogP contribution < -0.4 is 5.32 Å². The predicted molar refractivity (Wildman–Crippen MR) is 82.0 cm³/mol. The van der Waals surface area contributed by atoms with Crippen molar-refractivity contribution in [3.8, 4) is 0 Å². The van der Waals surface area contributed by atoms with Gasteiger partial charge in [-0.25, -0.2) is 8.78 Å². The van der Waals surface area contributed by atoms with E-state index in [-0.39, 0.29) is 16.6 Å². The fraction of sp³-hybridized carbons (Fsp3) is 0.250. The second-order valence-corrected chi connectivity index (χ2v) is 7.22. The van der Waals surface area contributed by atoms with E-state index < -0.39 is 11.6 Å². The van der Waals surface area contributed by atoms with Crippen molar-refractivity contribution in [1.82, 2.24) is 10.2 Å². The number of rotatable bonds is 6. The van der Waals surface area contributed by atoms with Crippen LogP contribution in [0.4, 0.5) is 13.9 Å². The standard InChI is InChI=1S/C12H11F2N3OS3/c1-2-19-12-17-16-11(21-12)15-10(18)6-20-9-5-7(13)3-4-8(9)14/h3-5H,2,6H2,1H3,(H,15,16,18). The molecule has 112 valence electrons. The molecule has 0 saturated carbocycles. The number of nitrogens with one attached hydrogen (secondary N) is 1. The topological polar surface area (TPSA) is 54.9 Å². The van der Waals surface area contributed by atoms with E-state index in [1.165, 1.54) is 23.1 Å². The molecule has 2 rings (SSSR count). The molecule has 0 aliphatic heterocycles.